The molecule has 0 bridgehead atoms. The summed E-state index contributed by atoms with van der Waals surface area (Å²) in [5, 5.41) is 18.2. The first-order chi connectivity index (χ1) is 12.0. The van der Waals surface area contributed by atoms with Gasteiger partial charge in [0.25, 0.3) is 0 Å². The molecule has 0 radical (unpaired) electrons. The fourth-order valence-corrected chi connectivity index (χ4v) is 2.10. The van der Waals surface area contributed by atoms with Gasteiger partial charge in [-0.1, -0.05) is 25.2 Å². The minimum atomic E-state index is -1.04. The first-order valence-corrected chi connectivity index (χ1v) is 7.88. The number of benzene rings is 2. The van der Waals surface area contributed by atoms with Crippen molar-refractivity contribution in [1.82, 2.24) is 0 Å². The van der Waals surface area contributed by atoms with Crippen LogP contribution in [0.2, 0.25) is 0 Å². The Morgan fingerprint density at radius 1 is 1.00 bits per heavy atom. The monoisotopic (exact) mass is 338 g/mol. The molecule has 0 aliphatic carbocycles. The molecule has 0 aliphatic rings. The Kier molecular flexibility index (Phi) is 6.19. The highest BCUT2D eigenvalue weighted by molar-refractivity contribution is 5.91. The van der Waals surface area contributed by atoms with Crippen molar-refractivity contribution in [1.29, 1.82) is 0 Å². The van der Waals surface area contributed by atoms with E-state index in [1.165, 1.54) is 18.2 Å². The summed E-state index contributed by atoms with van der Waals surface area (Å²) in [6, 6.07) is 10.5. The average Bonchev–Trinajstić information content (AvgIpc) is 2.59. The number of unbranched alkanes of at least 4 members (excludes halogenated alkanes) is 2. The van der Waals surface area contributed by atoms with Gasteiger partial charge in [0.05, 0.1) is 11.1 Å². The summed E-state index contributed by atoms with van der Waals surface area (Å²) in [6.07, 6.45) is 2.69. The van der Waals surface area contributed by atoms with Crippen molar-refractivity contribution >= 4 is 11.9 Å². The molecule has 128 valence electrons. The third-order valence-electron chi connectivity index (χ3n) is 3.44. The molecule has 0 aromatic heterocycles. The number of hydrogen-bond acceptors (Lipinski definition) is 3. The summed E-state index contributed by atoms with van der Waals surface area (Å²) < 4.78 is 5.66. The molecule has 0 saturated carbocycles. The van der Waals surface area contributed by atoms with Gasteiger partial charge in [-0.2, -0.15) is 0 Å². The van der Waals surface area contributed by atoms with Crippen molar-refractivity contribution in [2.45, 2.75) is 26.2 Å². The van der Waals surface area contributed by atoms with Gasteiger partial charge in [0.15, 0.2) is 0 Å². The number of ether oxygens (including phenoxy) is 1. The van der Waals surface area contributed by atoms with Crippen LogP contribution in [0, 0.1) is 11.8 Å². The van der Waals surface area contributed by atoms with E-state index in [0.717, 1.165) is 12.8 Å². The van der Waals surface area contributed by atoms with E-state index in [2.05, 4.69) is 18.8 Å². The van der Waals surface area contributed by atoms with Gasteiger partial charge in [-0.05, 0) is 48.9 Å². The molecule has 2 aromatic carbocycles. The van der Waals surface area contributed by atoms with E-state index >= 15 is 0 Å². The standard InChI is InChI=1S/C20H18O5/c1-2-3-4-5-6-15-13-17(11-12-18(15)20(23)24)25-16-9-7-14(8-10-16)19(21)22/h7-13H,2-4H2,1H3,(H,21,22)(H,23,24). The van der Waals surface area contributed by atoms with E-state index < -0.39 is 11.9 Å². The van der Waals surface area contributed by atoms with Gasteiger partial charge in [0.1, 0.15) is 11.5 Å². The van der Waals surface area contributed by atoms with Crippen molar-refractivity contribution < 1.29 is 24.5 Å². The molecule has 5 heteroatoms. The number of carboxylic acids is 2. The van der Waals surface area contributed by atoms with Crippen molar-refractivity contribution in [2.24, 2.45) is 0 Å². The number of carboxylic acid groups (broad SMARTS) is 2. The predicted molar refractivity (Wildman–Crippen MR) is 93.3 cm³/mol. The lowest BCUT2D eigenvalue weighted by Gasteiger charge is -2.08. The summed E-state index contributed by atoms with van der Waals surface area (Å²) in [4.78, 5) is 22.2. The van der Waals surface area contributed by atoms with Crippen LogP contribution in [0.4, 0.5) is 0 Å². The van der Waals surface area contributed by atoms with Crippen LogP contribution in [0.1, 0.15) is 52.5 Å². The average molecular weight is 338 g/mol. The van der Waals surface area contributed by atoms with E-state index in [1.54, 1.807) is 24.3 Å². The molecule has 2 N–H and O–H groups in total. The fourth-order valence-electron chi connectivity index (χ4n) is 2.10. The zero-order valence-corrected chi connectivity index (χ0v) is 13.8. The van der Waals surface area contributed by atoms with Gasteiger partial charge >= 0.3 is 11.9 Å². The highest BCUT2D eigenvalue weighted by Gasteiger charge is 2.10. The molecule has 0 saturated heterocycles. The topological polar surface area (TPSA) is 83.8 Å². The molecule has 5 nitrogen and oxygen atoms in total. The molecule has 0 aliphatic heterocycles. The lowest BCUT2D eigenvalue weighted by molar-refractivity contribution is 0.0686. The lowest BCUT2D eigenvalue weighted by atomic mass is 10.1. The molecule has 0 amide bonds. The van der Waals surface area contributed by atoms with Crippen LogP contribution in [-0.2, 0) is 0 Å². The van der Waals surface area contributed by atoms with Crippen LogP contribution in [0.5, 0.6) is 11.5 Å². The maximum atomic E-state index is 11.3. The predicted octanol–water partition coefficient (Wildman–Crippen LogP) is 4.42. The summed E-state index contributed by atoms with van der Waals surface area (Å²) in [6.45, 7) is 2.06. The molecular formula is C20H18O5. The molecule has 0 atom stereocenters. The summed E-state index contributed by atoms with van der Waals surface area (Å²) in [7, 11) is 0. The lowest BCUT2D eigenvalue weighted by Crippen LogP contribution is -2.00. The van der Waals surface area contributed by atoms with Gasteiger partial charge in [-0.15, -0.1) is 0 Å². The summed E-state index contributed by atoms with van der Waals surface area (Å²) in [5.74, 6) is 4.70. The summed E-state index contributed by atoms with van der Waals surface area (Å²) >= 11 is 0. The maximum absolute atomic E-state index is 11.3. The number of hydrogen-bond donors (Lipinski definition) is 2. The van der Waals surface area contributed by atoms with Gasteiger partial charge in [-0.3, -0.25) is 0 Å². The Morgan fingerprint density at radius 3 is 2.28 bits per heavy atom. The second-order valence-corrected chi connectivity index (χ2v) is 5.35. The molecule has 2 rings (SSSR count). The van der Waals surface area contributed by atoms with Crippen LogP contribution in [0.3, 0.4) is 0 Å². The van der Waals surface area contributed by atoms with Crippen LogP contribution >= 0.6 is 0 Å². The fraction of sp³-hybridized carbons (Fsp3) is 0.200. The Balaban J connectivity index is 2.24. The minimum absolute atomic E-state index is 0.123. The second-order valence-electron chi connectivity index (χ2n) is 5.35. The molecule has 0 heterocycles. The molecule has 25 heavy (non-hydrogen) atoms. The zero-order chi connectivity index (χ0) is 18.2. The normalized spacial score (nSPS) is 9.80. The summed E-state index contributed by atoms with van der Waals surface area (Å²) in [5.41, 5.74) is 0.678. The van der Waals surface area contributed by atoms with Crippen molar-refractivity contribution in [3.05, 3.63) is 59.2 Å². The first kappa shape index (κ1) is 18.1. The molecule has 0 spiro atoms. The highest BCUT2D eigenvalue weighted by Crippen LogP contribution is 2.24. The molecular weight excluding hydrogens is 320 g/mol. The van der Waals surface area contributed by atoms with Crippen molar-refractivity contribution in [3.8, 4) is 23.3 Å². The second kappa shape index (κ2) is 8.55. The third-order valence-corrected chi connectivity index (χ3v) is 3.44. The highest BCUT2D eigenvalue weighted by atomic mass is 16.5. The van der Waals surface area contributed by atoms with Crippen LogP contribution < -0.4 is 4.74 Å². The molecule has 0 unspecified atom stereocenters. The number of carbonyl (C=O) groups is 2. The smallest absolute Gasteiger partial charge is 0.336 e. The molecule has 0 fully saturated rings. The number of rotatable bonds is 6. The van der Waals surface area contributed by atoms with E-state index in [1.807, 2.05) is 0 Å². The van der Waals surface area contributed by atoms with Crippen molar-refractivity contribution in [3.63, 3.8) is 0 Å². The SMILES string of the molecule is CCCCC#Cc1cc(Oc2ccc(C(=O)O)cc2)ccc1C(=O)O. The molecule has 2 aromatic rings. The Morgan fingerprint density at radius 2 is 1.68 bits per heavy atom. The van der Waals surface area contributed by atoms with Crippen molar-refractivity contribution in [2.75, 3.05) is 0 Å². The van der Waals surface area contributed by atoms with Gasteiger partial charge < -0.3 is 14.9 Å². The third kappa shape index (κ3) is 5.11. The maximum Gasteiger partial charge on any atom is 0.336 e. The minimum Gasteiger partial charge on any atom is -0.478 e. The van der Waals surface area contributed by atoms with Crippen LogP contribution in [0.15, 0.2) is 42.5 Å². The van der Waals surface area contributed by atoms with Gasteiger partial charge in [0.2, 0.25) is 0 Å². The zero-order valence-electron chi connectivity index (χ0n) is 13.8. The number of aromatic carboxylic acids is 2. The van der Waals surface area contributed by atoms with E-state index in [4.69, 9.17) is 9.84 Å². The van der Waals surface area contributed by atoms with E-state index in [0.29, 0.717) is 23.5 Å². The Labute approximate surface area is 145 Å². The van der Waals surface area contributed by atoms with Gasteiger partial charge in [0, 0.05) is 12.0 Å². The Bertz CT molecular complexity index is 825. The van der Waals surface area contributed by atoms with E-state index in [9.17, 15) is 14.7 Å². The first-order valence-electron chi connectivity index (χ1n) is 7.88. The van der Waals surface area contributed by atoms with Gasteiger partial charge in [-0.25, -0.2) is 9.59 Å². The van der Waals surface area contributed by atoms with E-state index in [-0.39, 0.29) is 11.1 Å². The quantitative estimate of drug-likeness (QED) is 0.602. The Hall–Kier alpha value is -3.26. The van der Waals surface area contributed by atoms with Crippen LogP contribution in [0.25, 0.3) is 0 Å². The van der Waals surface area contributed by atoms with Crippen LogP contribution in [-0.4, -0.2) is 22.2 Å². The largest absolute Gasteiger partial charge is 0.478 e.